The van der Waals surface area contributed by atoms with Gasteiger partial charge >= 0.3 is 5.97 Å². The minimum Gasteiger partial charge on any atom is -0.460 e. The van der Waals surface area contributed by atoms with Crippen molar-refractivity contribution in [3.05, 3.63) is 48.0 Å². The average Bonchev–Trinajstić information content (AvgIpc) is 3.06. The van der Waals surface area contributed by atoms with Gasteiger partial charge in [0, 0.05) is 6.42 Å². The van der Waals surface area contributed by atoms with Crippen molar-refractivity contribution in [2.24, 2.45) is 11.8 Å². The van der Waals surface area contributed by atoms with Gasteiger partial charge < -0.3 is 14.9 Å². The Hall–Kier alpha value is -1.65. The molecule has 1 aromatic carbocycles. The van der Waals surface area contributed by atoms with Gasteiger partial charge in [-0.15, -0.1) is 0 Å². The number of ether oxygens (including phenoxy) is 1. The van der Waals surface area contributed by atoms with Gasteiger partial charge in [-0.2, -0.15) is 0 Å². The fraction of sp³-hybridized carbons (Fsp3) is 0.667. The van der Waals surface area contributed by atoms with E-state index in [9.17, 15) is 15.0 Å². The van der Waals surface area contributed by atoms with Crippen LogP contribution in [0, 0.1) is 11.8 Å². The van der Waals surface area contributed by atoms with E-state index in [1.807, 2.05) is 45.0 Å². The molecule has 1 aliphatic carbocycles. The zero-order valence-electron chi connectivity index (χ0n) is 19.6. The Balaban J connectivity index is 1.59. The number of hydrogen-bond acceptors (Lipinski definition) is 4. The summed E-state index contributed by atoms with van der Waals surface area (Å²) in [5.74, 6) is 0.490. The number of aryl methyl sites for hydroxylation is 1. The van der Waals surface area contributed by atoms with Crippen LogP contribution in [-0.4, -0.2) is 34.0 Å². The summed E-state index contributed by atoms with van der Waals surface area (Å²) in [5, 5.41) is 20.7. The first kappa shape index (κ1) is 25.6. The molecular weight excluding hydrogens is 388 g/mol. The van der Waals surface area contributed by atoms with Gasteiger partial charge in [0.05, 0.1) is 12.2 Å². The summed E-state index contributed by atoms with van der Waals surface area (Å²) >= 11 is 0. The Morgan fingerprint density at radius 1 is 1.00 bits per heavy atom. The third kappa shape index (κ3) is 10.5. The van der Waals surface area contributed by atoms with E-state index in [4.69, 9.17) is 4.74 Å². The predicted molar refractivity (Wildman–Crippen MR) is 126 cm³/mol. The van der Waals surface area contributed by atoms with Crippen molar-refractivity contribution in [1.82, 2.24) is 0 Å². The maximum atomic E-state index is 11.8. The van der Waals surface area contributed by atoms with Gasteiger partial charge in [-0.25, -0.2) is 0 Å². The molecule has 4 atom stereocenters. The molecule has 0 heterocycles. The maximum absolute atomic E-state index is 11.8. The van der Waals surface area contributed by atoms with Crippen LogP contribution in [0.2, 0.25) is 0 Å². The monoisotopic (exact) mass is 430 g/mol. The highest BCUT2D eigenvalue weighted by atomic mass is 16.6. The van der Waals surface area contributed by atoms with Crippen molar-refractivity contribution in [2.75, 3.05) is 0 Å². The van der Waals surface area contributed by atoms with E-state index >= 15 is 0 Å². The second-order valence-corrected chi connectivity index (χ2v) is 10.00. The van der Waals surface area contributed by atoms with E-state index in [0.717, 1.165) is 57.8 Å². The number of hydrogen-bond donors (Lipinski definition) is 2. The molecule has 0 fully saturated rings. The molecule has 174 valence electrons. The minimum absolute atomic E-state index is 0.117. The summed E-state index contributed by atoms with van der Waals surface area (Å²) in [5.41, 5.74) is 0.856. The van der Waals surface area contributed by atoms with E-state index in [2.05, 4.69) is 18.2 Å². The van der Waals surface area contributed by atoms with Crippen molar-refractivity contribution in [1.29, 1.82) is 0 Å². The predicted octanol–water partition coefficient (Wildman–Crippen LogP) is 5.61. The number of aliphatic hydroxyl groups excluding tert-OH is 2. The first-order chi connectivity index (χ1) is 14.7. The lowest BCUT2D eigenvalue weighted by atomic mass is 9.84. The van der Waals surface area contributed by atoms with Crippen LogP contribution < -0.4 is 0 Å². The molecule has 0 aliphatic heterocycles. The van der Waals surface area contributed by atoms with E-state index in [-0.39, 0.29) is 24.1 Å². The molecule has 0 amide bonds. The van der Waals surface area contributed by atoms with Gasteiger partial charge in [0.25, 0.3) is 0 Å². The second-order valence-electron chi connectivity index (χ2n) is 10.00. The van der Waals surface area contributed by atoms with Crippen LogP contribution in [0.5, 0.6) is 0 Å². The van der Waals surface area contributed by atoms with Crippen LogP contribution in [0.15, 0.2) is 42.5 Å². The molecule has 0 saturated heterocycles. The molecule has 2 N–H and O–H groups in total. The van der Waals surface area contributed by atoms with Crippen LogP contribution in [0.25, 0.3) is 0 Å². The summed E-state index contributed by atoms with van der Waals surface area (Å²) in [6, 6.07) is 10.3. The van der Waals surface area contributed by atoms with E-state index in [1.54, 1.807) is 0 Å². The van der Waals surface area contributed by atoms with Crippen molar-refractivity contribution < 1.29 is 19.7 Å². The second kappa shape index (κ2) is 13.0. The summed E-state index contributed by atoms with van der Waals surface area (Å²) in [6.45, 7) is 5.68. The third-order valence-corrected chi connectivity index (χ3v) is 6.07. The molecule has 4 unspecified atom stereocenters. The maximum Gasteiger partial charge on any atom is 0.306 e. The number of unbranched alkanes of at least 4 members (excludes halogenated alkanes) is 3. The van der Waals surface area contributed by atoms with E-state index in [0.29, 0.717) is 12.3 Å². The highest BCUT2D eigenvalue weighted by Crippen LogP contribution is 2.34. The van der Waals surface area contributed by atoms with Crippen molar-refractivity contribution >= 4 is 5.97 Å². The largest absolute Gasteiger partial charge is 0.460 e. The lowest BCUT2D eigenvalue weighted by Gasteiger charge is -2.23. The highest BCUT2D eigenvalue weighted by Gasteiger charge is 2.29. The molecule has 1 aliphatic rings. The lowest BCUT2D eigenvalue weighted by molar-refractivity contribution is -0.154. The molecule has 4 nitrogen and oxygen atoms in total. The number of carbonyl (C=O) groups is 1. The topological polar surface area (TPSA) is 66.8 Å². The lowest BCUT2D eigenvalue weighted by Crippen LogP contribution is -2.23. The van der Waals surface area contributed by atoms with Crippen LogP contribution >= 0.6 is 0 Å². The van der Waals surface area contributed by atoms with E-state index in [1.165, 1.54) is 5.56 Å². The molecule has 31 heavy (non-hydrogen) atoms. The van der Waals surface area contributed by atoms with Crippen LogP contribution in [0.1, 0.15) is 84.1 Å². The Labute approximate surface area is 188 Å². The van der Waals surface area contributed by atoms with Crippen molar-refractivity contribution in [3.63, 3.8) is 0 Å². The molecule has 1 aromatic rings. The Morgan fingerprint density at radius 3 is 2.42 bits per heavy atom. The summed E-state index contributed by atoms with van der Waals surface area (Å²) in [7, 11) is 0. The minimum atomic E-state index is -0.410. The van der Waals surface area contributed by atoms with Crippen LogP contribution in [0.3, 0.4) is 0 Å². The summed E-state index contributed by atoms with van der Waals surface area (Å²) in [6.07, 6.45) is 12.3. The zero-order chi connectivity index (χ0) is 22.7. The summed E-state index contributed by atoms with van der Waals surface area (Å²) < 4.78 is 5.34. The number of rotatable bonds is 13. The SMILES string of the molecule is CC(C)(C)OC(=O)CCCCCCC1C(O)C=CC1CCC(O)CCc1ccccc1. The average molecular weight is 431 g/mol. The number of benzene rings is 1. The fourth-order valence-electron chi connectivity index (χ4n) is 4.39. The Morgan fingerprint density at radius 2 is 1.71 bits per heavy atom. The van der Waals surface area contributed by atoms with Crippen LogP contribution in [0.4, 0.5) is 0 Å². The van der Waals surface area contributed by atoms with Gasteiger partial charge in [0.1, 0.15) is 5.60 Å². The smallest absolute Gasteiger partial charge is 0.306 e. The Bertz CT molecular complexity index is 662. The first-order valence-electron chi connectivity index (χ1n) is 12.0. The molecular formula is C27H42O4. The first-order valence-corrected chi connectivity index (χ1v) is 12.0. The third-order valence-electron chi connectivity index (χ3n) is 6.07. The quantitative estimate of drug-likeness (QED) is 0.243. The number of esters is 1. The van der Waals surface area contributed by atoms with E-state index < -0.39 is 5.60 Å². The number of aliphatic hydroxyl groups is 2. The van der Waals surface area contributed by atoms with Gasteiger partial charge in [0.15, 0.2) is 0 Å². The highest BCUT2D eigenvalue weighted by molar-refractivity contribution is 5.69. The molecule has 2 rings (SSSR count). The van der Waals surface area contributed by atoms with Crippen molar-refractivity contribution in [3.8, 4) is 0 Å². The molecule has 0 aromatic heterocycles. The normalized spacial score (nSPS) is 21.9. The molecule has 0 spiro atoms. The van der Waals surface area contributed by atoms with Crippen molar-refractivity contribution in [2.45, 2.75) is 103 Å². The molecule has 0 bridgehead atoms. The standard InChI is InChI=1S/C27H42O4/c1-27(2,3)31-26(30)14-10-5-4-9-13-24-22(17-20-25(24)29)16-19-23(28)18-15-21-11-7-6-8-12-21/h6-8,11-12,17,20,22-25,28-29H,4-5,9-10,13-16,18-19H2,1-3H3. The van der Waals surface area contributed by atoms with Gasteiger partial charge in [-0.3, -0.25) is 4.79 Å². The zero-order valence-corrected chi connectivity index (χ0v) is 19.6. The van der Waals surface area contributed by atoms with Gasteiger partial charge in [-0.05, 0) is 76.7 Å². The Kier molecular flexibility index (Phi) is 10.8. The molecule has 0 radical (unpaired) electrons. The van der Waals surface area contributed by atoms with Crippen LogP contribution in [-0.2, 0) is 16.0 Å². The number of allylic oxidation sites excluding steroid dienone is 1. The number of carbonyl (C=O) groups excluding carboxylic acids is 1. The van der Waals surface area contributed by atoms with Gasteiger partial charge in [0.2, 0.25) is 0 Å². The fourth-order valence-corrected chi connectivity index (χ4v) is 4.39. The molecule has 4 heteroatoms. The molecule has 0 saturated carbocycles. The van der Waals surface area contributed by atoms with Gasteiger partial charge in [-0.1, -0.05) is 61.7 Å². The summed E-state index contributed by atoms with van der Waals surface area (Å²) in [4.78, 5) is 11.8.